The summed E-state index contributed by atoms with van der Waals surface area (Å²) in [4.78, 5) is 22.8. The van der Waals surface area contributed by atoms with Crippen LogP contribution in [-0.4, -0.2) is 29.0 Å². The van der Waals surface area contributed by atoms with Crippen LogP contribution in [-0.2, 0) is 0 Å². The van der Waals surface area contributed by atoms with E-state index in [1.807, 2.05) is 0 Å². The van der Waals surface area contributed by atoms with Gasteiger partial charge in [0.25, 0.3) is 5.91 Å². The van der Waals surface area contributed by atoms with Crippen LogP contribution in [0.3, 0.4) is 0 Å². The Morgan fingerprint density at radius 2 is 2.00 bits per heavy atom. The molecule has 0 atom stereocenters. The Labute approximate surface area is 151 Å². The highest BCUT2D eigenvalue weighted by molar-refractivity contribution is 6.33. The molecule has 0 spiro atoms. The highest BCUT2D eigenvalue weighted by Gasteiger charge is 2.20. The molecule has 2 aromatic rings. The lowest BCUT2D eigenvalue weighted by atomic mass is 9.99. The van der Waals surface area contributed by atoms with E-state index in [1.165, 1.54) is 6.33 Å². The highest BCUT2D eigenvalue weighted by Crippen LogP contribution is 2.29. The van der Waals surface area contributed by atoms with Crippen molar-refractivity contribution in [1.82, 2.24) is 15.4 Å². The zero-order valence-corrected chi connectivity index (χ0v) is 14.8. The monoisotopic (exact) mass is 360 g/mol. The van der Waals surface area contributed by atoms with Crippen molar-refractivity contribution in [3.8, 4) is 0 Å². The number of hydrogen-bond acceptors (Lipinski definition) is 6. The van der Waals surface area contributed by atoms with Crippen molar-refractivity contribution < 1.29 is 4.79 Å². The number of hydrogen-bond donors (Lipinski definition) is 3. The fourth-order valence-corrected chi connectivity index (χ4v) is 3.01. The molecule has 1 fully saturated rings. The van der Waals surface area contributed by atoms with Crippen molar-refractivity contribution in [3.05, 3.63) is 41.2 Å². The van der Waals surface area contributed by atoms with Crippen LogP contribution in [0.25, 0.3) is 0 Å². The third-order valence-electron chi connectivity index (χ3n) is 4.36. The largest absolute Gasteiger partial charge is 0.393 e. The third kappa shape index (κ3) is 3.93. The number of aromatic nitrogens is 2. The van der Waals surface area contributed by atoms with Gasteiger partial charge in [-0.25, -0.2) is 9.97 Å². The van der Waals surface area contributed by atoms with Crippen LogP contribution in [0.1, 0.15) is 30.1 Å². The summed E-state index contributed by atoms with van der Waals surface area (Å²) in [6.45, 7) is 4.07. The molecular weight excluding hydrogens is 340 g/mol. The Kier molecular flexibility index (Phi) is 5.23. The number of rotatable bonds is 4. The Bertz CT molecular complexity index is 761. The average Bonchev–Trinajstić information content (AvgIpc) is 2.62. The second-order valence-electron chi connectivity index (χ2n) is 6.19. The topological polar surface area (TPSA) is 96.2 Å². The van der Waals surface area contributed by atoms with Gasteiger partial charge in [0.1, 0.15) is 12.0 Å². The lowest BCUT2D eigenvalue weighted by molar-refractivity contribution is 0.0962. The number of nitrogens with two attached hydrogens (primary N) is 1. The van der Waals surface area contributed by atoms with Gasteiger partial charge in [0.15, 0.2) is 11.6 Å². The zero-order chi connectivity index (χ0) is 17.8. The Morgan fingerprint density at radius 1 is 1.28 bits per heavy atom. The molecule has 0 radical (unpaired) electrons. The Balaban J connectivity index is 1.70. The standard InChI is InChI=1S/C17H21ClN6O/c1-11-6-8-24(9-7-11)16-14(19)15(20-10-21-16)22-23-17(25)12-4-2-3-5-13(12)18/h2-5,10-11H,6-9,19H2,1H3,(H,23,25)(H,20,21,22). The molecule has 0 unspecified atom stereocenters. The summed E-state index contributed by atoms with van der Waals surface area (Å²) in [5.74, 6) is 1.41. The molecule has 132 valence electrons. The number of nitrogens with zero attached hydrogens (tertiary/aromatic N) is 3. The summed E-state index contributed by atoms with van der Waals surface area (Å²) in [6, 6.07) is 6.81. The van der Waals surface area contributed by atoms with E-state index >= 15 is 0 Å². The number of nitrogen functional groups attached to an aromatic ring is 1. The highest BCUT2D eigenvalue weighted by atomic mass is 35.5. The van der Waals surface area contributed by atoms with Gasteiger partial charge in [0.05, 0.1) is 10.6 Å². The first-order valence-corrected chi connectivity index (χ1v) is 8.60. The maximum absolute atomic E-state index is 12.2. The number of nitrogens with one attached hydrogen (secondary N) is 2. The summed E-state index contributed by atoms with van der Waals surface area (Å²) in [7, 11) is 0. The van der Waals surface area contributed by atoms with Crippen LogP contribution >= 0.6 is 11.6 Å². The first-order chi connectivity index (χ1) is 12.1. The molecule has 7 nitrogen and oxygen atoms in total. The Hall–Kier alpha value is -2.54. The normalized spacial score (nSPS) is 15.0. The van der Waals surface area contributed by atoms with Gasteiger partial charge in [-0.1, -0.05) is 30.7 Å². The summed E-state index contributed by atoms with van der Waals surface area (Å²) >= 11 is 6.03. The summed E-state index contributed by atoms with van der Waals surface area (Å²) in [6.07, 6.45) is 3.65. The fourth-order valence-electron chi connectivity index (χ4n) is 2.79. The van der Waals surface area contributed by atoms with Gasteiger partial charge >= 0.3 is 0 Å². The van der Waals surface area contributed by atoms with Crippen LogP contribution in [0.2, 0.25) is 5.02 Å². The molecule has 25 heavy (non-hydrogen) atoms. The molecule has 0 saturated carbocycles. The van der Waals surface area contributed by atoms with Crippen molar-refractivity contribution in [2.24, 2.45) is 5.92 Å². The molecule has 1 amide bonds. The number of benzene rings is 1. The van der Waals surface area contributed by atoms with E-state index in [1.54, 1.807) is 24.3 Å². The van der Waals surface area contributed by atoms with Crippen LogP contribution in [0.5, 0.6) is 0 Å². The number of carbonyl (C=O) groups excluding carboxylic acids is 1. The van der Waals surface area contributed by atoms with E-state index in [0.29, 0.717) is 33.8 Å². The lowest BCUT2D eigenvalue weighted by Crippen LogP contribution is -2.35. The second kappa shape index (κ2) is 7.57. The van der Waals surface area contributed by atoms with Gasteiger partial charge < -0.3 is 10.6 Å². The van der Waals surface area contributed by atoms with Gasteiger partial charge in [-0.2, -0.15) is 0 Å². The van der Waals surface area contributed by atoms with E-state index in [-0.39, 0.29) is 5.91 Å². The molecular formula is C17H21ClN6O. The smallest absolute Gasteiger partial charge is 0.271 e. The first-order valence-electron chi connectivity index (χ1n) is 8.22. The minimum atomic E-state index is -0.364. The van der Waals surface area contributed by atoms with Crippen molar-refractivity contribution in [2.75, 3.05) is 29.1 Å². The molecule has 3 rings (SSSR count). The maximum Gasteiger partial charge on any atom is 0.271 e. The van der Waals surface area contributed by atoms with Crippen molar-refractivity contribution in [1.29, 1.82) is 0 Å². The molecule has 1 aliphatic heterocycles. The molecule has 0 bridgehead atoms. The minimum absolute atomic E-state index is 0.364. The number of piperidine rings is 1. The van der Waals surface area contributed by atoms with E-state index in [9.17, 15) is 4.79 Å². The van der Waals surface area contributed by atoms with Gasteiger partial charge in [-0.05, 0) is 30.9 Å². The van der Waals surface area contributed by atoms with Crippen LogP contribution in [0.15, 0.2) is 30.6 Å². The Morgan fingerprint density at radius 3 is 2.72 bits per heavy atom. The van der Waals surface area contributed by atoms with Crippen LogP contribution < -0.4 is 21.5 Å². The van der Waals surface area contributed by atoms with E-state index in [0.717, 1.165) is 25.9 Å². The summed E-state index contributed by atoms with van der Waals surface area (Å²) < 4.78 is 0. The van der Waals surface area contributed by atoms with Gasteiger partial charge in [-0.3, -0.25) is 15.6 Å². The number of hydrazine groups is 1. The van der Waals surface area contributed by atoms with Crippen molar-refractivity contribution in [3.63, 3.8) is 0 Å². The molecule has 8 heteroatoms. The summed E-state index contributed by atoms with van der Waals surface area (Å²) in [5, 5.41) is 0.376. The van der Waals surface area contributed by atoms with E-state index in [2.05, 4.69) is 32.6 Å². The predicted octanol–water partition coefficient (Wildman–Crippen LogP) is 2.71. The number of halogens is 1. The van der Waals surface area contributed by atoms with Crippen molar-refractivity contribution >= 4 is 34.8 Å². The maximum atomic E-state index is 12.2. The summed E-state index contributed by atoms with van der Waals surface area (Å²) in [5.41, 5.74) is 12.3. The lowest BCUT2D eigenvalue weighted by Gasteiger charge is -2.32. The van der Waals surface area contributed by atoms with Gasteiger partial charge in [0, 0.05) is 13.1 Å². The van der Waals surface area contributed by atoms with Crippen LogP contribution in [0, 0.1) is 5.92 Å². The minimum Gasteiger partial charge on any atom is -0.393 e. The zero-order valence-electron chi connectivity index (χ0n) is 14.0. The SMILES string of the molecule is CC1CCN(c2ncnc(NNC(=O)c3ccccc3Cl)c2N)CC1. The molecule has 0 aliphatic carbocycles. The van der Waals surface area contributed by atoms with Gasteiger partial charge in [-0.15, -0.1) is 0 Å². The molecule has 1 aromatic carbocycles. The van der Waals surface area contributed by atoms with Gasteiger partial charge in [0.2, 0.25) is 0 Å². The second-order valence-corrected chi connectivity index (χ2v) is 6.60. The third-order valence-corrected chi connectivity index (χ3v) is 4.69. The number of anilines is 3. The van der Waals surface area contributed by atoms with E-state index < -0.39 is 0 Å². The molecule has 2 heterocycles. The van der Waals surface area contributed by atoms with Crippen molar-refractivity contribution in [2.45, 2.75) is 19.8 Å². The molecule has 4 N–H and O–H groups in total. The molecule has 1 aliphatic rings. The quantitative estimate of drug-likeness (QED) is 0.725. The average molecular weight is 361 g/mol. The predicted molar refractivity (Wildman–Crippen MR) is 99.6 cm³/mol. The molecule has 1 saturated heterocycles. The van der Waals surface area contributed by atoms with Crippen LogP contribution in [0.4, 0.5) is 17.3 Å². The first kappa shape index (κ1) is 17.3. The van der Waals surface area contributed by atoms with E-state index in [4.69, 9.17) is 17.3 Å². The molecule has 1 aromatic heterocycles. The number of carbonyl (C=O) groups is 1. The fraction of sp³-hybridized carbons (Fsp3) is 0.353. The number of amides is 1.